The predicted octanol–water partition coefficient (Wildman–Crippen LogP) is 3.70. The Kier molecular flexibility index (Phi) is 6.64. The first-order chi connectivity index (χ1) is 12.0. The molecule has 0 bridgehead atoms. The van der Waals surface area contributed by atoms with Gasteiger partial charge in [-0.05, 0) is 36.1 Å². The van der Waals surface area contributed by atoms with Crippen molar-refractivity contribution in [1.29, 1.82) is 0 Å². The molecule has 1 atom stereocenters. The van der Waals surface area contributed by atoms with Crippen molar-refractivity contribution >= 4 is 28.5 Å². The third-order valence-electron chi connectivity index (χ3n) is 3.61. The lowest BCUT2D eigenvalue weighted by Gasteiger charge is -2.10. The number of carbonyl (C=O) groups excluding carboxylic acids is 1. The van der Waals surface area contributed by atoms with Crippen LogP contribution in [0.15, 0.2) is 41.5 Å². The number of nitro groups is 1. The van der Waals surface area contributed by atoms with Crippen molar-refractivity contribution in [2.45, 2.75) is 26.2 Å². The Balaban J connectivity index is 1.78. The number of benzene rings is 1. The number of hydrogen-bond donors (Lipinski definition) is 1. The lowest BCUT2D eigenvalue weighted by atomic mass is 9.99. The molecule has 0 aliphatic carbocycles. The van der Waals surface area contributed by atoms with Gasteiger partial charge in [0.25, 0.3) is 5.91 Å². The molecule has 0 unspecified atom stereocenters. The molecule has 7 nitrogen and oxygen atoms in total. The van der Waals surface area contributed by atoms with E-state index in [1.165, 1.54) is 17.8 Å². The van der Waals surface area contributed by atoms with Crippen molar-refractivity contribution in [3.05, 3.63) is 57.0 Å². The molecule has 0 spiro atoms. The predicted molar refractivity (Wildman–Crippen MR) is 97.4 cm³/mol. The lowest BCUT2D eigenvalue weighted by Crippen LogP contribution is -2.24. The second-order valence-electron chi connectivity index (χ2n) is 5.39. The van der Waals surface area contributed by atoms with Crippen LogP contribution < -0.4 is 10.2 Å². The summed E-state index contributed by atoms with van der Waals surface area (Å²) in [7, 11) is 0. The minimum Gasteiger partial charge on any atom is -0.484 e. The molecule has 1 amide bonds. The van der Waals surface area contributed by atoms with Gasteiger partial charge < -0.3 is 4.74 Å². The van der Waals surface area contributed by atoms with Gasteiger partial charge in [0.2, 0.25) is 0 Å². The quantitative estimate of drug-likeness (QED) is 0.441. The standard InChI is InChI=1S/C17H19N3O4S/c1-3-12(2)13-4-6-14(7-5-13)24-11-16(21)19-18-10-15-8-9-17(25-15)20(22)23/h4-10,12H,3,11H2,1-2H3,(H,19,21)/b18-10-/t12-/m0/s1. The molecule has 0 aliphatic heterocycles. The number of nitrogens with zero attached hydrogens (tertiary/aromatic N) is 2. The van der Waals surface area contributed by atoms with Crippen LogP contribution in [0.3, 0.4) is 0 Å². The summed E-state index contributed by atoms with van der Waals surface area (Å²) in [6, 6.07) is 10.6. The minimum absolute atomic E-state index is 0.0250. The summed E-state index contributed by atoms with van der Waals surface area (Å²) in [5.74, 6) is 0.688. The highest BCUT2D eigenvalue weighted by molar-refractivity contribution is 7.16. The van der Waals surface area contributed by atoms with Crippen molar-refractivity contribution in [3.63, 3.8) is 0 Å². The van der Waals surface area contributed by atoms with E-state index in [-0.39, 0.29) is 11.6 Å². The van der Waals surface area contributed by atoms with E-state index in [1.54, 1.807) is 6.07 Å². The van der Waals surface area contributed by atoms with Gasteiger partial charge in [-0.25, -0.2) is 5.43 Å². The molecule has 132 valence electrons. The van der Waals surface area contributed by atoms with Gasteiger partial charge in [0, 0.05) is 6.07 Å². The SMILES string of the molecule is CC[C@H](C)c1ccc(OCC(=O)N/N=C\c2ccc([N+](=O)[O-])s2)cc1. The number of carbonyl (C=O) groups is 1. The fourth-order valence-electron chi connectivity index (χ4n) is 1.99. The average Bonchev–Trinajstić information content (AvgIpc) is 3.09. The van der Waals surface area contributed by atoms with Crippen LogP contribution in [0.25, 0.3) is 0 Å². The number of rotatable bonds is 8. The first-order valence-corrected chi connectivity index (χ1v) is 8.60. The van der Waals surface area contributed by atoms with Crippen LogP contribution in [0, 0.1) is 10.1 Å². The van der Waals surface area contributed by atoms with Crippen LogP contribution in [-0.2, 0) is 4.79 Å². The zero-order valence-corrected chi connectivity index (χ0v) is 14.8. The number of amides is 1. The van der Waals surface area contributed by atoms with Crippen molar-refractivity contribution in [2.24, 2.45) is 5.10 Å². The number of hydrazone groups is 1. The number of thiophene rings is 1. The maximum absolute atomic E-state index is 11.7. The van der Waals surface area contributed by atoms with Crippen LogP contribution >= 0.6 is 11.3 Å². The molecule has 0 saturated carbocycles. The van der Waals surface area contributed by atoms with Gasteiger partial charge in [-0.2, -0.15) is 5.10 Å². The van der Waals surface area contributed by atoms with E-state index >= 15 is 0 Å². The molecule has 1 aromatic heterocycles. The molecule has 0 saturated heterocycles. The summed E-state index contributed by atoms with van der Waals surface area (Å²) in [6.45, 7) is 4.13. The van der Waals surface area contributed by atoms with Crippen LogP contribution in [0.1, 0.15) is 36.6 Å². The lowest BCUT2D eigenvalue weighted by molar-refractivity contribution is -0.380. The number of hydrogen-bond acceptors (Lipinski definition) is 6. The van der Waals surface area contributed by atoms with E-state index in [1.807, 2.05) is 24.3 Å². The average molecular weight is 361 g/mol. The molecule has 2 aromatic rings. The van der Waals surface area contributed by atoms with Crippen molar-refractivity contribution < 1.29 is 14.5 Å². The molecule has 8 heteroatoms. The Bertz CT molecular complexity index is 756. The highest BCUT2D eigenvalue weighted by atomic mass is 32.1. The maximum Gasteiger partial charge on any atom is 0.324 e. The van der Waals surface area contributed by atoms with E-state index in [0.29, 0.717) is 16.5 Å². The molecule has 25 heavy (non-hydrogen) atoms. The topological polar surface area (TPSA) is 93.8 Å². The van der Waals surface area contributed by atoms with Gasteiger partial charge in [0.05, 0.1) is 16.0 Å². The number of ether oxygens (including phenoxy) is 1. The van der Waals surface area contributed by atoms with Crippen molar-refractivity contribution in [3.8, 4) is 5.75 Å². The van der Waals surface area contributed by atoms with E-state index < -0.39 is 10.8 Å². The van der Waals surface area contributed by atoms with E-state index in [2.05, 4.69) is 24.4 Å². The fourth-order valence-corrected chi connectivity index (χ4v) is 2.68. The highest BCUT2D eigenvalue weighted by Gasteiger charge is 2.08. The van der Waals surface area contributed by atoms with Gasteiger partial charge in [0.15, 0.2) is 6.61 Å². The van der Waals surface area contributed by atoms with Crippen LogP contribution in [0.5, 0.6) is 5.75 Å². The zero-order chi connectivity index (χ0) is 18.2. The Morgan fingerprint density at radius 3 is 2.68 bits per heavy atom. The van der Waals surface area contributed by atoms with Crippen LogP contribution in [0.2, 0.25) is 0 Å². The minimum atomic E-state index is -0.471. The highest BCUT2D eigenvalue weighted by Crippen LogP contribution is 2.22. The summed E-state index contributed by atoms with van der Waals surface area (Å²) >= 11 is 0.977. The van der Waals surface area contributed by atoms with Crippen molar-refractivity contribution in [2.75, 3.05) is 6.61 Å². The largest absolute Gasteiger partial charge is 0.484 e. The zero-order valence-electron chi connectivity index (χ0n) is 14.0. The van der Waals surface area contributed by atoms with Crippen molar-refractivity contribution in [1.82, 2.24) is 5.43 Å². The Morgan fingerprint density at radius 2 is 2.08 bits per heavy atom. The fraction of sp³-hybridized carbons (Fsp3) is 0.294. The molecule has 1 N–H and O–H groups in total. The van der Waals surface area contributed by atoms with Gasteiger partial charge in [0.1, 0.15) is 5.75 Å². The maximum atomic E-state index is 11.7. The molecular weight excluding hydrogens is 342 g/mol. The molecule has 0 aliphatic rings. The Labute approximate surface area is 149 Å². The van der Waals surface area contributed by atoms with Gasteiger partial charge in [-0.15, -0.1) is 0 Å². The molecule has 2 rings (SSSR count). The molecule has 0 fully saturated rings. The monoisotopic (exact) mass is 361 g/mol. The summed E-state index contributed by atoms with van der Waals surface area (Å²) in [6.07, 6.45) is 2.42. The molecular formula is C17H19N3O4S. The summed E-state index contributed by atoms with van der Waals surface area (Å²) < 4.78 is 5.40. The molecule has 1 aromatic carbocycles. The van der Waals surface area contributed by atoms with E-state index in [9.17, 15) is 14.9 Å². The van der Waals surface area contributed by atoms with E-state index in [0.717, 1.165) is 17.8 Å². The smallest absolute Gasteiger partial charge is 0.324 e. The Morgan fingerprint density at radius 1 is 1.36 bits per heavy atom. The summed E-state index contributed by atoms with van der Waals surface area (Å²) in [5.41, 5.74) is 3.55. The Hall–Kier alpha value is -2.74. The second kappa shape index (κ2) is 8.93. The van der Waals surface area contributed by atoms with Gasteiger partial charge >= 0.3 is 5.00 Å². The molecule has 0 radical (unpaired) electrons. The van der Waals surface area contributed by atoms with Gasteiger partial charge in [-0.1, -0.05) is 37.3 Å². The van der Waals surface area contributed by atoms with Gasteiger partial charge in [-0.3, -0.25) is 14.9 Å². The molecule has 1 heterocycles. The third-order valence-corrected chi connectivity index (χ3v) is 4.58. The second-order valence-corrected chi connectivity index (χ2v) is 6.49. The summed E-state index contributed by atoms with van der Waals surface area (Å²) in [5, 5.41) is 14.4. The van der Waals surface area contributed by atoms with Crippen LogP contribution in [-0.4, -0.2) is 23.7 Å². The first-order valence-electron chi connectivity index (χ1n) is 7.78. The first kappa shape index (κ1) is 18.6. The normalized spacial score (nSPS) is 12.1. The number of nitrogens with one attached hydrogen (secondary N) is 1. The van der Waals surface area contributed by atoms with Crippen LogP contribution in [0.4, 0.5) is 5.00 Å². The summed E-state index contributed by atoms with van der Waals surface area (Å²) in [4.78, 5) is 22.4. The third kappa shape index (κ3) is 5.68. The van der Waals surface area contributed by atoms with E-state index in [4.69, 9.17) is 4.74 Å².